The first kappa shape index (κ1) is 13.7. The average Bonchev–Trinajstić information content (AvgIpc) is 3.16. The van der Waals surface area contributed by atoms with Gasteiger partial charge in [0.15, 0.2) is 0 Å². The van der Waals surface area contributed by atoms with Crippen molar-refractivity contribution in [1.82, 2.24) is 0 Å². The number of carboxylic acids is 1. The summed E-state index contributed by atoms with van der Waals surface area (Å²) in [6, 6.07) is 14.9. The van der Waals surface area contributed by atoms with Crippen molar-refractivity contribution < 1.29 is 14.7 Å². The Bertz CT molecular complexity index is 797. The van der Waals surface area contributed by atoms with Crippen molar-refractivity contribution in [2.75, 3.05) is 0 Å². The SMILES string of the molecule is O=Cc1ccc(-c2ccc(-c3ccc(C(=O)O)s3)s2)cc1. The molecule has 0 aliphatic carbocycles. The summed E-state index contributed by atoms with van der Waals surface area (Å²) in [4.78, 5) is 25.0. The standard InChI is InChI=1S/C16H10O3S2/c17-9-10-1-3-11(4-2-10)12-5-6-13(20-12)14-7-8-15(21-14)16(18)19/h1-9H,(H,18,19). The second-order valence-corrected chi connectivity index (χ2v) is 6.54. The van der Waals surface area contributed by atoms with Crippen molar-refractivity contribution in [3.8, 4) is 20.2 Å². The van der Waals surface area contributed by atoms with E-state index in [2.05, 4.69) is 0 Å². The van der Waals surface area contributed by atoms with E-state index in [1.54, 1.807) is 29.5 Å². The lowest BCUT2D eigenvalue weighted by Gasteiger charge is -1.97. The maximum atomic E-state index is 10.9. The van der Waals surface area contributed by atoms with Crippen LogP contribution < -0.4 is 0 Å². The van der Waals surface area contributed by atoms with Gasteiger partial charge in [-0.1, -0.05) is 24.3 Å². The second kappa shape index (κ2) is 5.63. The van der Waals surface area contributed by atoms with E-state index < -0.39 is 5.97 Å². The number of carboxylic acid groups (broad SMARTS) is 1. The van der Waals surface area contributed by atoms with E-state index in [-0.39, 0.29) is 0 Å². The molecule has 0 saturated heterocycles. The molecule has 5 heteroatoms. The summed E-state index contributed by atoms with van der Waals surface area (Å²) in [5.41, 5.74) is 1.70. The Morgan fingerprint density at radius 3 is 2.10 bits per heavy atom. The van der Waals surface area contributed by atoms with Gasteiger partial charge < -0.3 is 5.11 Å². The van der Waals surface area contributed by atoms with Gasteiger partial charge in [-0.25, -0.2) is 4.79 Å². The summed E-state index contributed by atoms with van der Waals surface area (Å²) in [7, 11) is 0. The number of hydrogen-bond acceptors (Lipinski definition) is 4. The molecule has 0 atom stereocenters. The first-order valence-corrected chi connectivity index (χ1v) is 7.79. The molecular formula is C16H10O3S2. The zero-order chi connectivity index (χ0) is 14.8. The van der Waals surface area contributed by atoms with E-state index in [0.29, 0.717) is 10.4 Å². The average molecular weight is 314 g/mol. The molecule has 0 bridgehead atoms. The van der Waals surface area contributed by atoms with Crippen LogP contribution in [0, 0.1) is 0 Å². The van der Waals surface area contributed by atoms with Gasteiger partial charge in [0.25, 0.3) is 0 Å². The van der Waals surface area contributed by atoms with Crippen LogP contribution in [0.15, 0.2) is 48.5 Å². The van der Waals surface area contributed by atoms with Crippen LogP contribution >= 0.6 is 22.7 Å². The quantitative estimate of drug-likeness (QED) is 0.713. The van der Waals surface area contributed by atoms with Gasteiger partial charge in [-0.3, -0.25) is 4.79 Å². The molecule has 3 aromatic rings. The van der Waals surface area contributed by atoms with Crippen LogP contribution in [-0.4, -0.2) is 17.4 Å². The van der Waals surface area contributed by atoms with Crippen molar-refractivity contribution >= 4 is 34.9 Å². The normalized spacial score (nSPS) is 10.5. The molecule has 0 radical (unpaired) electrons. The molecule has 1 N–H and O–H groups in total. The van der Waals surface area contributed by atoms with E-state index in [1.165, 1.54) is 11.3 Å². The number of benzene rings is 1. The zero-order valence-electron chi connectivity index (χ0n) is 10.8. The Hall–Kier alpha value is -2.24. The van der Waals surface area contributed by atoms with Crippen molar-refractivity contribution in [3.63, 3.8) is 0 Å². The number of carbonyl (C=O) groups is 2. The third kappa shape index (κ3) is 2.79. The van der Waals surface area contributed by atoms with E-state index >= 15 is 0 Å². The Balaban J connectivity index is 1.91. The van der Waals surface area contributed by atoms with Crippen LogP contribution in [0.4, 0.5) is 0 Å². The molecular weight excluding hydrogens is 304 g/mol. The summed E-state index contributed by atoms with van der Waals surface area (Å²) >= 11 is 2.88. The Labute approximate surface area is 129 Å². The van der Waals surface area contributed by atoms with Gasteiger partial charge in [0.2, 0.25) is 0 Å². The van der Waals surface area contributed by atoms with Crippen molar-refractivity contribution in [2.45, 2.75) is 0 Å². The van der Waals surface area contributed by atoms with Gasteiger partial charge in [0, 0.05) is 20.2 Å². The fourth-order valence-electron chi connectivity index (χ4n) is 1.94. The lowest BCUT2D eigenvalue weighted by molar-refractivity contribution is 0.0702. The van der Waals surface area contributed by atoms with Crippen LogP contribution in [0.3, 0.4) is 0 Å². The molecule has 2 heterocycles. The highest BCUT2D eigenvalue weighted by molar-refractivity contribution is 7.24. The summed E-state index contributed by atoms with van der Waals surface area (Å²) in [5, 5.41) is 8.96. The van der Waals surface area contributed by atoms with Crippen LogP contribution in [0.5, 0.6) is 0 Å². The van der Waals surface area contributed by atoms with E-state index in [4.69, 9.17) is 5.11 Å². The van der Waals surface area contributed by atoms with Gasteiger partial charge in [0.05, 0.1) is 0 Å². The highest BCUT2D eigenvalue weighted by Crippen LogP contribution is 2.37. The largest absolute Gasteiger partial charge is 0.477 e. The minimum absolute atomic E-state index is 0.343. The van der Waals surface area contributed by atoms with Gasteiger partial charge in [-0.05, 0) is 29.8 Å². The molecule has 2 aromatic heterocycles. The molecule has 0 saturated carbocycles. The number of aldehydes is 1. The van der Waals surface area contributed by atoms with E-state index in [1.807, 2.05) is 30.3 Å². The van der Waals surface area contributed by atoms with E-state index in [9.17, 15) is 9.59 Å². The second-order valence-electron chi connectivity index (χ2n) is 4.37. The molecule has 0 aliphatic rings. The highest BCUT2D eigenvalue weighted by Gasteiger charge is 2.11. The lowest BCUT2D eigenvalue weighted by Crippen LogP contribution is -1.89. The third-order valence-corrected chi connectivity index (χ3v) is 5.40. The van der Waals surface area contributed by atoms with Crippen molar-refractivity contribution in [3.05, 3.63) is 59.0 Å². The number of carbonyl (C=O) groups excluding carboxylic acids is 1. The first-order valence-electron chi connectivity index (χ1n) is 6.16. The van der Waals surface area contributed by atoms with Crippen LogP contribution in [0.25, 0.3) is 20.2 Å². The molecule has 21 heavy (non-hydrogen) atoms. The summed E-state index contributed by atoms with van der Waals surface area (Å²) in [5.74, 6) is -0.896. The maximum absolute atomic E-state index is 10.9. The van der Waals surface area contributed by atoms with Crippen LogP contribution in [0.2, 0.25) is 0 Å². The first-order chi connectivity index (χ1) is 10.2. The van der Waals surface area contributed by atoms with Crippen LogP contribution in [-0.2, 0) is 0 Å². The minimum Gasteiger partial charge on any atom is -0.477 e. The van der Waals surface area contributed by atoms with Gasteiger partial charge in [-0.15, -0.1) is 22.7 Å². The smallest absolute Gasteiger partial charge is 0.345 e. The van der Waals surface area contributed by atoms with Gasteiger partial charge in [0.1, 0.15) is 11.2 Å². The minimum atomic E-state index is -0.896. The molecule has 0 aliphatic heterocycles. The summed E-state index contributed by atoms with van der Waals surface area (Å²) in [6.07, 6.45) is 0.822. The molecule has 3 nitrogen and oxygen atoms in total. The number of aromatic carboxylic acids is 1. The fraction of sp³-hybridized carbons (Fsp3) is 0. The topological polar surface area (TPSA) is 54.4 Å². The maximum Gasteiger partial charge on any atom is 0.345 e. The van der Waals surface area contributed by atoms with Crippen molar-refractivity contribution in [2.24, 2.45) is 0 Å². The zero-order valence-corrected chi connectivity index (χ0v) is 12.4. The lowest BCUT2D eigenvalue weighted by atomic mass is 10.1. The van der Waals surface area contributed by atoms with Gasteiger partial charge in [-0.2, -0.15) is 0 Å². The van der Waals surface area contributed by atoms with Crippen molar-refractivity contribution in [1.29, 1.82) is 0 Å². The number of thiophene rings is 2. The molecule has 0 fully saturated rings. The summed E-state index contributed by atoms with van der Waals surface area (Å²) < 4.78 is 0. The number of hydrogen-bond donors (Lipinski definition) is 1. The Morgan fingerprint density at radius 1 is 0.857 bits per heavy atom. The molecule has 3 rings (SSSR count). The molecule has 0 unspecified atom stereocenters. The highest BCUT2D eigenvalue weighted by atomic mass is 32.1. The number of rotatable bonds is 4. The predicted octanol–water partition coefficient (Wildman–Crippen LogP) is 4.65. The molecule has 0 spiro atoms. The summed E-state index contributed by atoms with van der Waals surface area (Å²) in [6.45, 7) is 0. The third-order valence-electron chi connectivity index (χ3n) is 3.00. The fourth-order valence-corrected chi connectivity index (χ4v) is 3.88. The van der Waals surface area contributed by atoms with E-state index in [0.717, 1.165) is 26.5 Å². The van der Waals surface area contributed by atoms with Crippen LogP contribution in [0.1, 0.15) is 20.0 Å². The molecule has 0 amide bonds. The molecule has 104 valence electrons. The Morgan fingerprint density at radius 2 is 1.48 bits per heavy atom. The van der Waals surface area contributed by atoms with Gasteiger partial charge >= 0.3 is 5.97 Å². The Kier molecular flexibility index (Phi) is 3.68. The monoisotopic (exact) mass is 314 g/mol. The predicted molar refractivity (Wildman–Crippen MR) is 85.4 cm³/mol. The molecule has 1 aromatic carbocycles.